The van der Waals surface area contributed by atoms with Crippen LogP contribution in [-0.2, 0) is 6.54 Å². The van der Waals surface area contributed by atoms with E-state index in [4.69, 9.17) is 16.3 Å². The molecular weight excluding hydrogens is 324 g/mol. The van der Waals surface area contributed by atoms with Crippen molar-refractivity contribution in [2.45, 2.75) is 26.5 Å². The zero-order chi connectivity index (χ0) is 17.4. The van der Waals surface area contributed by atoms with Gasteiger partial charge in [0.25, 0.3) is 0 Å². The van der Waals surface area contributed by atoms with Crippen molar-refractivity contribution >= 4 is 17.6 Å². The first-order valence-electron chi connectivity index (χ1n) is 7.85. The fraction of sp³-hybridized carbons (Fsp3) is 0.333. The number of benzene rings is 1. The maximum atomic E-state index is 5.87. The summed E-state index contributed by atoms with van der Waals surface area (Å²) in [6.45, 7) is 5.29. The van der Waals surface area contributed by atoms with Crippen molar-refractivity contribution in [3.63, 3.8) is 0 Å². The molecule has 1 aromatic carbocycles. The number of aliphatic imine (C=N–C) groups is 1. The van der Waals surface area contributed by atoms with Crippen LogP contribution in [0.2, 0.25) is 5.02 Å². The number of aryl methyl sites for hydroxylation is 1. The Morgan fingerprint density at radius 2 is 2.00 bits per heavy atom. The molecule has 0 spiro atoms. The van der Waals surface area contributed by atoms with Crippen LogP contribution in [0, 0.1) is 6.92 Å². The van der Waals surface area contributed by atoms with Gasteiger partial charge in [0.05, 0.1) is 18.8 Å². The van der Waals surface area contributed by atoms with Crippen molar-refractivity contribution in [1.82, 2.24) is 15.6 Å². The zero-order valence-electron chi connectivity index (χ0n) is 14.2. The Kier molecular flexibility index (Phi) is 6.88. The van der Waals surface area contributed by atoms with Gasteiger partial charge >= 0.3 is 0 Å². The van der Waals surface area contributed by atoms with Crippen LogP contribution in [0.3, 0.4) is 0 Å². The van der Waals surface area contributed by atoms with Gasteiger partial charge in [-0.3, -0.25) is 9.98 Å². The second-order valence-electron chi connectivity index (χ2n) is 5.46. The number of nitrogens with zero attached hydrogens (tertiary/aromatic N) is 2. The SMILES string of the molecule is CN=C(NCc1ncccc1C)NCC(C)Oc1ccc(Cl)cc1. The molecule has 1 unspecified atom stereocenters. The van der Waals surface area contributed by atoms with E-state index in [2.05, 4.69) is 20.6 Å². The van der Waals surface area contributed by atoms with Crippen LogP contribution in [0.15, 0.2) is 47.6 Å². The quantitative estimate of drug-likeness (QED) is 0.623. The third-order valence-electron chi connectivity index (χ3n) is 3.47. The first-order valence-corrected chi connectivity index (χ1v) is 8.23. The van der Waals surface area contributed by atoms with E-state index < -0.39 is 0 Å². The molecule has 0 aliphatic heterocycles. The monoisotopic (exact) mass is 346 g/mol. The summed E-state index contributed by atoms with van der Waals surface area (Å²) in [5.74, 6) is 1.51. The average Bonchev–Trinajstić information content (AvgIpc) is 2.58. The fourth-order valence-corrected chi connectivity index (χ4v) is 2.25. The average molecular weight is 347 g/mol. The van der Waals surface area contributed by atoms with Crippen molar-refractivity contribution < 1.29 is 4.74 Å². The third-order valence-corrected chi connectivity index (χ3v) is 3.72. The number of nitrogens with one attached hydrogen (secondary N) is 2. The molecular formula is C18H23ClN4O. The predicted molar refractivity (Wildman–Crippen MR) is 98.7 cm³/mol. The van der Waals surface area contributed by atoms with Crippen LogP contribution in [0.4, 0.5) is 0 Å². The van der Waals surface area contributed by atoms with Crippen molar-refractivity contribution in [1.29, 1.82) is 0 Å². The number of guanidine groups is 1. The molecule has 0 saturated heterocycles. The van der Waals surface area contributed by atoms with E-state index in [9.17, 15) is 0 Å². The van der Waals surface area contributed by atoms with Crippen molar-refractivity contribution in [2.75, 3.05) is 13.6 Å². The summed E-state index contributed by atoms with van der Waals surface area (Å²) in [7, 11) is 1.74. The maximum Gasteiger partial charge on any atom is 0.191 e. The second-order valence-corrected chi connectivity index (χ2v) is 5.89. The Bertz CT molecular complexity index is 673. The lowest BCUT2D eigenvalue weighted by atomic mass is 10.2. The summed E-state index contributed by atoms with van der Waals surface area (Å²) in [6, 6.07) is 11.3. The Morgan fingerprint density at radius 1 is 1.25 bits per heavy atom. The van der Waals surface area contributed by atoms with Gasteiger partial charge in [-0.1, -0.05) is 17.7 Å². The third kappa shape index (κ3) is 5.74. The largest absolute Gasteiger partial charge is 0.489 e. The van der Waals surface area contributed by atoms with Gasteiger partial charge in [0, 0.05) is 18.3 Å². The molecule has 0 saturated carbocycles. The van der Waals surface area contributed by atoms with E-state index in [-0.39, 0.29) is 6.10 Å². The van der Waals surface area contributed by atoms with E-state index in [0.717, 1.165) is 17.0 Å². The lowest BCUT2D eigenvalue weighted by Gasteiger charge is -2.18. The molecule has 24 heavy (non-hydrogen) atoms. The lowest BCUT2D eigenvalue weighted by Crippen LogP contribution is -2.41. The molecule has 2 N–H and O–H groups in total. The van der Waals surface area contributed by atoms with Gasteiger partial charge in [0.2, 0.25) is 0 Å². The molecule has 6 heteroatoms. The molecule has 1 atom stereocenters. The topological polar surface area (TPSA) is 58.5 Å². The van der Waals surface area contributed by atoms with Gasteiger partial charge < -0.3 is 15.4 Å². The maximum absolute atomic E-state index is 5.87. The summed E-state index contributed by atoms with van der Waals surface area (Å²) in [6.07, 6.45) is 1.78. The summed E-state index contributed by atoms with van der Waals surface area (Å²) >= 11 is 5.87. The van der Waals surface area contributed by atoms with Crippen LogP contribution in [0.1, 0.15) is 18.2 Å². The highest BCUT2D eigenvalue weighted by molar-refractivity contribution is 6.30. The van der Waals surface area contributed by atoms with Gasteiger partial charge in [-0.25, -0.2) is 0 Å². The van der Waals surface area contributed by atoms with E-state index >= 15 is 0 Å². The summed E-state index contributed by atoms with van der Waals surface area (Å²) < 4.78 is 5.83. The van der Waals surface area contributed by atoms with Crippen molar-refractivity contribution in [2.24, 2.45) is 4.99 Å². The van der Waals surface area contributed by atoms with E-state index in [1.54, 1.807) is 13.2 Å². The van der Waals surface area contributed by atoms with Gasteiger partial charge in [0.1, 0.15) is 11.9 Å². The van der Waals surface area contributed by atoms with E-state index in [1.807, 2.05) is 50.2 Å². The highest BCUT2D eigenvalue weighted by Crippen LogP contribution is 2.16. The Morgan fingerprint density at radius 3 is 2.67 bits per heavy atom. The smallest absolute Gasteiger partial charge is 0.191 e. The Labute approximate surface area is 148 Å². The first kappa shape index (κ1) is 18.1. The minimum absolute atomic E-state index is 0.0127. The Hall–Kier alpha value is -2.27. The van der Waals surface area contributed by atoms with Gasteiger partial charge in [-0.2, -0.15) is 0 Å². The fourth-order valence-electron chi connectivity index (χ4n) is 2.12. The number of halogens is 1. The summed E-state index contributed by atoms with van der Waals surface area (Å²) in [5, 5.41) is 7.20. The van der Waals surface area contributed by atoms with Gasteiger partial charge in [0.15, 0.2) is 5.96 Å². The molecule has 0 aliphatic rings. The van der Waals surface area contributed by atoms with Crippen molar-refractivity contribution in [3.05, 3.63) is 58.9 Å². The zero-order valence-corrected chi connectivity index (χ0v) is 15.0. The minimum Gasteiger partial charge on any atom is -0.489 e. The van der Waals surface area contributed by atoms with Crippen LogP contribution in [0.25, 0.3) is 0 Å². The molecule has 5 nitrogen and oxygen atoms in total. The summed E-state index contributed by atoms with van der Waals surface area (Å²) in [5.41, 5.74) is 2.16. The molecule has 2 rings (SSSR count). The van der Waals surface area contributed by atoms with Crippen LogP contribution in [0.5, 0.6) is 5.75 Å². The van der Waals surface area contributed by atoms with E-state index in [1.165, 1.54) is 0 Å². The first-order chi connectivity index (χ1) is 11.6. The van der Waals surface area contributed by atoms with E-state index in [0.29, 0.717) is 24.1 Å². The second kappa shape index (κ2) is 9.13. The standard InChI is InChI=1S/C18H23ClN4O/c1-13-5-4-10-21-17(13)12-23-18(20-3)22-11-14(2)24-16-8-6-15(19)7-9-16/h4-10,14H,11-12H2,1-3H3,(H2,20,22,23). The minimum atomic E-state index is -0.0127. The molecule has 0 aliphatic carbocycles. The van der Waals surface area contributed by atoms with Crippen LogP contribution < -0.4 is 15.4 Å². The van der Waals surface area contributed by atoms with Crippen LogP contribution in [-0.4, -0.2) is 30.6 Å². The number of pyridine rings is 1. The molecule has 0 fully saturated rings. The van der Waals surface area contributed by atoms with Gasteiger partial charge in [-0.15, -0.1) is 0 Å². The molecule has 0 radical (unpaired) electrons. The predicted octanol–water partition coefficient (Wildman–Crippen LogP) is 3.18. The highest BCUT2D eigenvalue weighted by atomic mass is 35.5. The number of hydrogen-bond acceptors (Lipinski definition) is 3. The number of rotatable bonds is 6. The Balaban J connectivity index is 1.78. The van der Waals surface area contributed by atoms with Gasteiger partial charge in [-0.05, 0) is 49.7 Å². The molecule has 1 aromatic heterocycles. The number of aromatic nitrogens is 1. The number of hydrogen-bond donors (Lipinski definition) is 2. The summed E-state index contributed by atoms with van der Waals surface area (Å²) in [4.78, 5) is 8.58. The normalized spacial score (nSPS) is 12.6. The number of ether oxygens (including phenoxy) is 1. The molecule has 2 aromatic rings. The highest BCUT2D eigenvalue weighted by Gasteiger charge is 2.06. The van der Waals surface area contributed by atoms with Crippen LogP contribution >= 0.6 is 11.6 Å². The molecule has 0 amide bonds. The molecule has 0 bridgehead atoms. The molecule has 128 valence electrons. The lowest BCUT2D eigenvalue weighted by molar-refractivity contribution is 0.224. The molecule has 1 heterocycles. The van der Waals surface area contributed by atoms with Crippen molar-refractivity contribution in [3.8, 4) is 5.75 Å².